The van der Waals surface area contributed by atoms with Crippen LogP contribution in [0.2, 0.25) is 0 Å². The first kappa shape index (κ1) is 17.2. The van der Waals surface area contributed by atoms with Crippen molar-refractivity contribution >= 4 is 11.8 Å². The molecule has 0 saturated heterocycles. The molecule has 0 amide bonds. The van der Waals surface area contributed by atoms with Crippen molar-refractivity contribution in [1.29, 1.82) is 5.26 Å². The van der Waals surface area contributed by atoms with Crippen LogP contribution in [0, 0.1) is 22.7 Å². The normalized spacial score (nSPS) is 29.4. The van der Waals surface area contributed by atoms with E-state index in [2.05, 4.69) is 6.07 Å². The Labute approximate surface area is 147 Å². The number of hydrogen-bond acceptors (Lipinski definition) is 5. The third kappa shape index (κ3) is 2.82. The number of methoxy groups -OCH3 is 2. The van der Waals surface area contributed by atoms with E-state index < -0.39 is 11.4 Å². The van der Waals surface area contributed by atoms with E-state index in [0.717, 1.165) is 12.0 Å². The standard InChI is InChI=1S/C20H21NO4/c1-20(11-21)7-6-14-13-5-4-12(24-2)8-16(13)18(22)9-15(14)17(20)10-19(23)25-3/h4-5,8,10,14-15H,6-7,9H2,1-3H3/b17-10+/t14-,15-,20+/m1/s1. The predicted molar refractivity (Wildman–Crippen MR) is 91.2 cm³/mol. The van der Waals surface area contributed by atoms with Gasteiger partial charge in [0.15, 0.2) is 5.78 Å². The van der Waals surface area contributed by atoms with E-state index in [-0.39, 0.29) is 17.6 Å². The average molecular weight is 339 g/mol. The summed E-state index contributed by atoms with van der Waals surface area (Å²) in [7, 11) is 2.89. The highest BCUT2D eigenvalue weighted by Crippen LogP contribution is 2.54. The molecule has 1 saturated carbocycles. The van der Waals surface area contributed by atoms with Crippen LogP contribution in [-0.2, 0) is 9.53 Å². The van der Waals surface area contributed by atoms with E-state index in [1.54, 1.807) is 13.2 Å². The van der Waals surface area contributed by atoms with Gasteiger partial charge in [0, 0.05) is 18.1 Å². The van der Waals surface area contributed by atoms with Crippen LogP contribution in [0.3, 0.4) is 0 Å². The third-order valence-corrected chi connectivity index (χ3v) is 5.56. The summed E-state index contributed by atoms with van der Waals surface area (Å²) in [4.78, 5) is 24.6. The zero-order chi connectivity index (χ0) is 18.2. The first-order chi connectivity index (χ1) is 11.9. The molecule has 0 aromatic heterocycles. The number of allylic oxidation sites excluding steroid dienone is 1. The van der Waals surface area contributed by atoms with E-state index in [1.807, 2.05) is 19.1 Å². The molecule has 3 atom stereocenters. The summed E-state index contributed by atoms with van der Waals surface area (Å²) in [6, 6.07) is 7.93. The van der Waals surface area contributed by atoms with Gasteiger partial charge in [0.05, 0.1) is 25.7 Å². The number of esters is 1. The number of carbonyl (C=O) groups is 2. The smallest absolute Gasteiger partial charge is 0.330 e. The first-order valence-electron chi connectivity index (χ1n) is 8.36. The SMILES string of the molecule is COC(=O)/C=C1\[C@@H]2CC(=O)c3cc(OC)ccc3[C@H]2CC[C@@]1(C)C#N. The molecule has 0 aliphatic heterocycles. The van der Waals surface area contributed by atoms with Crippen LogP contribution >= 0.6 is 0 Å². The molecule has 0 radical (unpaired) electrons. The lowest BCUT2D eigenvalue weighted by atomic mass is 9.58. The minimum absolute atomic E-state index is 0.0214. The first-order valence-corrected chi connectivity index (χ1v) is 8.36. The second kappa shape index (κ2) is 6.36. The number of ketones is 1. The fourth-order valence-electron chi connectivity index (χ4n) is 4.15. The lowest BCUT2D eigenvalue weighted by molar-refractivity contribution is -0.135. The highest BCUT2D eigenvalue weighted by Gasteiger charge is 2.47. The highest BCUT2D eigenvalue weighted by atomic mass is 16.5. The lowest BCUT2D eigenvalue weighted by Crippen LogP contribution is -2.37. The van der Waals surface area contributed by atoms with Gasteiger partial charge in [-0.25, -0.2) is 4.79 Å². The van der Waals surface area contributed by atoms with Crippen LogP contribution in [0.4, 0.5) is 0 Å². The molecular weight excluding hydrogens is 318 g/mol. The van der Waals surface area contributed by atoms with Crippen molar-refractivity contribution in [1.82, 2.24) is 0 Å². The molecule has 25 heavy (non-hydrogen) atoms. The molecule has 0 heterocycles. The number of hydrogen-bond donors (Lipinski definition) is 0. The Morgan fingerprint density at radius 2 is 2.12 bits per heavy atom. The van der Waals surface area contributed by atoms with Gasteiger partial charge in [-0.3, -0.25) is 4.79 Å². The molecular formula is C20H21NO4. The maximum Gasteiger partial charge on any atom is 0.330 e. The highest BCUT2D eigenvalue weighted by molar-refractivity contribution is 6.00. The van der Waals surface area contributed by atoms with E-state index in [9.17, 15) is 14.9 Å². The van der Waals surface area contributed by atoms with Crippen LogP contribution in [0.15, 0.2) is 29.8 Å². The fourth-order valence-corrected chi connectivity index (χ4v) is 4.15. The predicted octanol–water partition coefficient (Wildman–Crippen LogP) is 3.40. The van der Waals surface area contributed by atoms with Gasteiger partial charge in [-0.05, 0) is 54.9 Å². The van der Waals surface area contributed by atoms with Crippen LogP contribution in [0.5, 0.6) is 5.75 Å². The van der Waals surface area contributed by atoms with Crippen LogP contribution in [0.1, 0.15) is 48.0 Å². The van der Waals surface area contributed by atoms with E-state index in [4.69, 9.17) is 9.47 Å². The summed E-state index contributed by atoms with van der Waals surface area (Å²) >= 11 is 0. The number of carbonyl (C=O) groups excluding carboxylic acids is 2. The average Bonchev–Trinajstić information content (AvgIpc) is 2.63. The zero-order valence-corrected chi connectivity index (χ0v) is 14.7. The zero-order valence-electron chi connectivity index (χ0n) is 14.7. The number of ether oxygens (including phenoxy) is 2. The minimum atomic E-state index is -0.750. The quantitative estimate of drug-likeness (QED) is 0.609. The van der Waals surface area contributed by atoms with Crippen LogP contribution < -0.4 is 4.74 Å². The third-order valence-electron chi connectivity index (χ3n) is 5.56. The largest absolute Gasteiger partial charge is 0.497 e. The van der Waals surface area contributed by atoms with Gasteiger partial charge in [-0.1, -0.05) is 6.07 Å². The van der Waals surface area contributed by atoms with E-state index >= 15 is 0 Å². The number of nitrogens with zero attached hydrogens (tertiary/aromatic N) is 1. The summed E-state index contributed by atoms with van der Waals surface area (Å²) < 4.78 is 10.0. The van der Waals surface area contributed by atoms with Gasteiger partial charge in [0.2, 0.25) is 0 Å². The van der Waals surface area contributed by atoms with Crippen molar-refractivity contribution in [3.8, 4) is 11.8 Å². The topological polar surface area (TPSA) is 76.4 Å². The minimum Gasteiger partial charge on any atom is -0.497 e. The van der Waals surface area contributed by atoms with Crippen molar-refractivity contribution in [2.45, 2.75) is 32.1 Å². The van der Waals surface area contributed by atoms with Gasteiger partial charge in [-0.2, -0.15) is 5.26 Å². The van der Waals surface area contributed by atoms with Crippen molar-refractivity contribution < 1.29 is 19.1 Å². The monoisotopic (exact) mass is 339 g/mol. The summed E-state index contributed by atoms with van der Waals surface area (Å²) in [5.41, 5.74) is 1.64. The Balaban J connectivity index is 2.10. The molecule has 1 aromatic carbocycles. The second-order valence-electron chi connectivity index (χ2n) is 6.90. The van der Waals surface area contributed by atoms with Crippen molar-refractivity contribution in [2.75, 3.05) is 14.2 Å². The molecule has 130 valence electrons. The number of rotatable bonds is 2. The molecule has 5 nitrogen and oxygen atoms in total. The van der Waals surface area contributed by atoms with Crippen molar-refractivity contribution in [2.24, 2.45) is 11.3 Å². The summed E-state index contributed by atoms with van der Waals surface area (Å²) in [6.45, 7) is 1.84. The summed E-state index contributed by atoms with van der Waals surface area (Å²) in [6.07, 6.45) is 3.17. The van der Waals surface area contributed by atoms with Gasteiger partial charge in [0.1, 0.15) is 5.75 Å². The van der Waals surface area contributed by atoms with E-state index in [0.29, 0.717) is 29.7 Å². The Morgan fingerprint density at radius 1 is 1.36 bits per heavy atom. The fraction of sp³-hybridized carbons (Fsp3) is 0.450. The van der Waals surface area contributed by atoms with Crippen molar-refractivity contribution in [3.05, 3.63) is 41.0 Å². The number of nitriles is 1. The molecule has 1 fully saturated rings. The van der Waals surface area contributed by atoms with Crippen LogP contribution in [-0.4, -0.2) is 26.0 Å². The maximum atomic E-state index is 12.7. The Hall–Kier alpha value is -2.61. The number of fused-ring (bicyclic) bond motifs is 3. The Bertz CT molecular complexity index is 804. The number of Topliss-reactive ketones (excluding diaryl/α,β-unsaturated/α-hetero) is 1. The molecule has 5 heteroatoms. The molecule has 0 unspecified atom stereocenters. The van der Waals surface area contributed by atoms with Crippen LogP contribution in [0.25, 0.3) is 0 Å². The lowest BCUT2D eigenvalue weighted by Gasteiger charge is -2.44. The van der Waals surface area contributed by atoms with Gasteiger partial charge in [-0.15, -0.1) is 0 Å². The molecule has 3 rings (SSSR count). The summed E-state index contributed by atoms with van der Waals surface area (Å²) in [5, 5.41) is 9.68. The molecule has 0 bridgehead atoms. The second-order valence-corrected chi connectivity index (χ2v) is 6.90. The van der Waals surface area contributed by atoms with Gasteiger partial charge in [0.25, 0.3) is 0 Å². The molecule has 2 aliphatic carbocycles. The number of benzene rings is 1. The van der Waals surface area contributed by atoms with Gasteiger partial charge >= 0.3 is 5.97 Å². The maximum absolute atomic E-state index is 12.7. The molecule has 1 aromatic rings. The summed E-state index contributed by atoms with van der Waals surface area (Å²) in [5.74, 6) is 0.175. The Morgan fingerprint density at radius 3 is 2.76 bits per heavy atom. The molecule has 0 N–H and O–H groups in total. The van der Waals surface area contributed by atoms with E-state index in [1.165, 1.54) is 13.2 Å². The van der Waals surface area contributed by atoms with Crippen molar-refractivity contribution in [3.63, 3.8) is 0 Å². The molecule has 2 aliphatic rings. The van der Waals surface area contributed by atoms with Gasteiger partial charge < -0.3 is 9.47 Å². The molecule has 0 spiro atoms. The Kier molecular flexibility index (Phi) is 4.38.